The number of amides is 1. The first-order chi connectivity index (χ1) is 5.34. The molecular formula is C7H8N2O2. The standard InChI is InChI=1S/C7H8N2O2/c1-2-3-9-7(10)6-4-8-5-11-6/h2,4-5H,1,3H2,(H,9,10). The minimum atomic E-state index is -0.276. The molecule has 0 aliphatic rings. The summed E-state index contributed by atoms with van der Waals surface area (Å²) in [6.45, 7) is 3.88. The Morgan fingerprint density at radius 2 is 2.73 bits per heavy atom. The third-order valence-electron chi connectivity index (χ3n) is 1.06. The Morgan fingerprint density at radius 3 is 3.27 bits per heavy atom. The van der Waals surface area contributed by atoms with Gasteiger partial charge in [0.25, 0.3) is 5.91 Å². The third-order valence-corrected chi connectivity index (χ3v) is 1.06. The SMILES string of the molecule is C=CCNC(=O)c1cnco1. The van der Waals surface area contributed by atoms with Crippen LogP contribution in [-0.2, 0) is 0 Å². The lowest BCUT2D eigenvalue weighted by Crippen LogP contribution is -2.22. The van der Waals surface area contributed by atoms with E-state index in [0.717, 1.165) is 0 Å². The van der Waals surface area contributed by atoms with Gasteiger partial charge in [0.05, 0.1) is 6.20 Å². The number of carbonyl (C=O) groups excluding carboxylic acids is 1. The van der Waals surface area contributed by atoms with Gasteiger partial charge in [-0.05, 0) is 0 Å². The highest BCUT2D eigenvalue weighted by molar-refractivity contribution is 5.91. The topological polar surface area (TPSA) is 55.1 Å². The van der Waals surface area contributed by atoms with Gasteiger partial charge in [0, 0.05) is 6.54 Å². The molecule has 4 heteroatoms. The van der Waals surface area contributed by atoms with Crippen molar-refractivity contribution in [2.75, 3.05) is 6.54 Å². The lowest BCUT2D eigenvalue weighted by atomic mass is 10.4. The Balaban J connectivity index is 2.49. The molecule has 0 bridgehead atoms. The summed E-state index contributed by atoms with van der Waals surface area (Å²) < 4.78 is 4.73. The monoisotopic (exact) mass is 152 g/mol. The first-order valence-electron chi connectivity index (χ1n) is 3.12. The first-order valence-corrected chi connectivity index (χ1v) is 3.12. The van der Waals surface area contributed by atoms with Crippen LogP contribution >= 0.6 is 0 Å². The number of nitrogens with one attached hydrogen (secondary N) is 1. The second-order valence-corrected chi connectivity index (χ2v) is 1.86. The Kier molecular flexibility index (Phi) is 2.43. The number of hydrogen-bond acceptors (Lipinski definition) is 3. The predicted octanol–water partition coefficient (Wildman–Crippen LogP) is 0.590. The zero-order chi connectivity index (χ0) is 8.10. The summed E-state index contributed by atoms with van der Waals surface area (Å²) in [4.78, 5) is 14.6. The quantitative estimate of drug-likeness (QED) is 0.645. The van der Waals surface area contributed by atoms with E-state index in [4.69, 9.17) is 4.42 Å². The molecule has 1 aromatic heterocycles. The maximum atomic E-state index is 11.0. The van der Waals surface area contributed by atoms with Crippen LogP contribution < -0.4 is 5.32 Å². The van der Waals surface area contributed by atoms with Crippen LogP contribution in [0.4, 0.5) is 0 Å². The minimum Gasteiger partial charge on any atom is -0.438 e. The molecule has 0 radical (unpaired) electrons. The fourth-order valence-corrected chi connectivity index (χ4v) is 0.580. The molecule has 0 saturated heterocycles. The lowest BCUT2D eigenvalue weighted by Gasteiger charge is -1.95. The van der Waals surface area contributed by atoms with Gasteiger partial charge < -0.3 is 9.73 Å². The highest BCUT2D eigenvalue weighted by Gasteiger charge is 2.05. The van der Waals surface area contributed by atoms with Crippen molar-refractivity contribution in [3.05, 3.63) is 31.0 Å². The second-order valence-electron chi connectivity index (χ2n) is 1.86. The number of rotatable bonds is 3. The summed E-state index contributed by atoms with van der Waals surface area (Å²) in [6, 6.07) is 0. The molecule has 4 nitrogen and oxygen atoms in total. The molecule has 0 atom stereocenters. The maximum Gasteiger partial charge on any atom is 0.288 e. The van der Waals surface area contributed by atoms with Crippen molar-refractivity contribution in [3.63, 3.8) is 0 Å². The van der Waals surface area contributed by atoms with E-state index in [1.54, 1.807) is 6.08 Å². The number of hydrogen-bond donors (Lipinski definition) is 1. The molecule has 0 aliphatic carbocycles. The van der Waals surface area contributed by atoms with Crippen LogP contribution in [0.5, 0.6) is 0 Å². The van der Waals surface area contributed by atoms with E-state index < -0.39 is 0 Å². The van der Waals surface area contributed by atoms with E-state index in [-0.39, 0.29) is 11.7 Å². The van der Waals surface area contributed by atoms with E-state index in [1.165, 1.54) is 12.6 Å². The van der Waals surface area contributed by atoms with Gasteiger partial charge in [-0.1, -0.05) is 6.08 Å². The smallest absolute Gasteiger partial charge is 0.288 e. The van der Waals surface area contributed by atoms with Crippen molar-refractivity contribution >= 4 is 5.91 Å². The largest absolute Gasteiger partial charge is 0.438 e. The van der Waals surface area contributed by atoms with E-state index >= 15 is 0 Å². The van der Waals surface area contributed by atoms with Gasteiger partial charge in [-0.25, -0.2) is 4.98 Å². The zero-order valence-corrected chi connectivity index (χ0v) is 5.91. The third kappa shape index (κ3) is 1.93. The second kappa shape index (κ2) is 3.55. The fraction of sp³-hybridized carbons (Fsp3) is 0.143. The van der Waals surface area contributed by atoms with Crippen LogP contribution in [0.25, 0.3) is 0 Å². The Hall–Kier alpha value is -1.58. The molecule has 0 spiro atoms. The number of aromatic nitrogens is 1. The first kappa shape index (κ1) is 7.53. The molecule has 0 aromatic carbocycles. The molecule has 0 fully saturated rings. The highest BCUT2D eigenvalue weighted by Crippen LogP contribution is 1.94. The number of carbonyl (C=O) groups is 1. The van der Waals surface area contributed by atoms with Gasteiger partial charge in [-0.15, -0.1) is 6.58 Å². The van der Waals surface area contributed by atoms with Crippen molar-refractivity contribution in [1.82, 2.24) is 10.3 Å². The van der Waals surface area contributed by atoms with Crippen molar-refractivity contribution < 1.29 is 9.21 Å². The molecule has 58 valence electrons. The molecule has 1 heterocycles. The Bertz CT molecular complexity index is 241. The molecule has 1 N–H and O–H groups in total. The van der Waals surface area contributed by atoms with E-state index in [0.29, 0.717) is 6.54 Å². The average Bonchev–Trinajstić information content (AvgIpc) is 2.52. The summed E-state index contributed by atoms with van der Waals surface area (Å²) >= 11 is 0. The van der Waals surface area contributed by atoms with Gasteiger partial charge in [-0.2, -0.15) is 0 Å². The maximum absolute atomic E-state index is 11.0. The molecule has 0 aliphatic heterocycles. The molecule has 1 aromatic rings. The van der Waals surface area contributed by atoms with Crippen molar-refractivity contribution in [2.24, 2.45) is 0 Å². The van der Waals surface area contributed by atoms with Gasteiger partial charge >= 0.3 is 0 Å². The van der Waals surface area contributed by atoms with Crippen LogP contribution in [0.2, 0.25) is 0 Å². The summed E-state index contributed by atoms with van der Waals surface area (Å²) in [5.41, 5.74) is 0. The average molecular weight is 152 g/mol. The van der Waals surface area contributed by atoms with Crippen molar-refractivity contribution in [1.29, 1.82) is 0 Å². The van der Waals surface area contributed by atoms with Crippen LogP contribution in [0.3, 0.4) is 0 Å². The fourth-order valence-electron chi connectivity index (χ4n) is 0.580. The van der Waals surface area contributed by atoms with Crippen molar-refractivity contribution in [2.45, 2.75) is 0 Å². The van der Waals surface area contributed by atoms with Crippen LogP contribution in [-0.4, -0.2) is 17.4 Å². The molecule has 0 saturated carbocycles. The Labute approximate surface area is 63.9 Å². The lowest BCUT2D eigenvalue weighted by molar-refractivity contribution is 0.0930. The highest BCUT2D eigenvalue weighted by atomic mass is 16.3. The van der Waals surface area contributed by atoms with Gasteiger partial charge in [-0.3, -0.25) is 4.79 Å². The summed E-state index contributed by atoms with van der Waals surface area (Å²) in [5.74, 6) is -0.0609. The van der Waals surface area contributed by atoms with Crippen molar-refractivity contribution in [3.8, 4) is 0 Å². The van der Waals surface area contributed by atoms with E-state index in [1.807, 2.05) is 0 Å². The minimum absolute atomic E-state index is 0.215. The van der Waals surface area contributed by atoms with E-state index in [2.05, 4.69) is 16.9 Å². The van der Waals surface area contributed by atoms with Crippen LogP contribution in [0.15, 0.2) is 29.7 Å². The molecule has 0 unspecified atom stereocenters. The molecule has 11 heavy (non-hydrogen) atoms. The summed E-state index contributed by atoms with van der Waals surface area (Å²) in [6.07, 6.45) is 4.16. The number of oxazole rings is 1. The zero-order valence-electron chi connectivity index (χ0n) is 5.91. The van der Waals surface area contributed by atoms with Crippen LogP contribution in [0, 0.1) is 0 Å². The number of nitrogens with zero attached hydrogens (tertiary/aromatic N) is 1. The molecule has 1 amide bonds. The van der Waals surface area contributed by atoms with Gasteiger partial charge in [0.15, 0.2) is 6.39 Å². The normalized spacial score (nSPS) is 9.09. The predicted molar refractivity (Wildman–Crippen MR) is 39.0 cm³/mol. The Morgan fingerprint density at radius 1 is 1.91 bits per heavy atom. The molecular weight excluding hydrogens is 144 g/mol. The van der Waals surface area contributed by atoms with Gasteiger partial charge in [0.1, 0.15) is 0 Å². The van der Waals surface area contributed by atoms with Crippen LogP contribution in [0.1, 0.15) is 10.6 Å². The summed E-state index contributed by atoms with van der Waals surface area (Å²) in [5, 5.41) is 2.54. The molecule has 1 rings (SSSR count). The summed E-state index contributed by atoms with van der Waals surface area (Å²) in [7, 11) is 0. The van der Waals surface area contributed by atoms with Gasteiger partial charge in [0.2, 0.25) is 5.76 Å². The van der Waals surface area contributed by atoms with E-state index in [9.17, 15) is 4.79 Å².